The third-order valence-electron chi connectivity index (χ3n) is 5.47. The fraction of sp³-hybridized carbons (Fsp3) is 0.476. The summed E-state index contributed by atoms with van der Waals surface area (Å²) in [5.41, 5.74) is 1.68. The molecule has 2 aromatic heterocycles. The summed E-state index contributed by atoms with van der Waals surface area (Å²) in [7, 11) is 0. The van der Waals surface area contributed by atoms with Gasteiger partial charge in [-0.3, -0.25) is 9.78 Å². The number of rotatable bonds is 3. The summed E-state index contributed by atoms with van der Waals surface area (Å²) in [6.45, 7) is 2.85. The number of anilines is 1. The summed E-state index contributed by atoms with van der Waals surface area (Å²) >= 11 is 0. The molecule has 2 saturated heterocycles. The maximum atomic E-state index is 13.2. The third kappa shape index (κ3) is 3.57. The molecule has 4 heterocycles. The molecular weight excluding hydrogens is 324 g/mol. The van der Waals surface area contributed by atoms with Gasteiger partial charge in [0.2, 0.25) is 0 Å². The van der Waals surface area contributed by atoms with Gasteiger partial charge in [-0.1, -0.05) is 12.1 Å². The van der Waals surface area contributed by atoms with Gasteiger partial charge in [0.1, 0.15) is 11.5 Å². The van der Waals surface area contributed by atoms with Gasteiger partial charge in [0.25, 0.3) is 5.91 Å². The molecule has 0 N–H and O–H groups in total. The van der Waals surface area contributed by atoms with E-state index >= 15 is 0 Å². The lowest BCUT2D eigenvalue weighted by Gasteiger charge is -2.36. The van der Waals surface area contributed by atoms with E-state index in [1.807, 2.05) is 35.4 Å². The Balaban J connectivity index is 1.57. The largest absolute Gasteiger partial charge is 0.357 e. The lowest BCUT2D eigenvalue weighted by atomic mass is 9.96. The van der Waals surface area contributed by atoms with Crippen LogP contribution in [0.4, 0.5) is 5.82 Å². The lowest BCUT2D eigenvalue weighted by Crippen LogP contribution is -2.39. The minimum Gasteiger partial charge on any atom is -0.357 e. The van der Waals surface area contributed by atoms with Gasteiger partial charge in [-0.15, -0.1) is 0 Å². The number of pyridine rings is 2. The molecule has 0 bridgehead atoms. The minimum atomic E-state index is 0.0393. The summed E-state index contributed by atoms with van der Waals surface area (Å²) in [6, 6.07) is 9.96. The third-order valence-corrected chi connectivity index (χ3v) is 5.47. The smallest absolute Gasteiger partial charge is 0.273 e. The van der Waals surface area contributed by atoms with Gasteiger partial charge in [-0.2, -0.15) is 0 Å². The SMILES string of the molecule is O=C(c1cccc(N2CCCCC2)n1)N1CCCCC1c1cccnc1. The van der Waals surface area contributed by atoms with Crippen molar-refractivity contribution in [2.24, 2.45) is 0 Å². The minimum absolute atomic E-state index is 0.0393. The number of amides is 1. The second-order valence-electron chi connectivity index (χ2n) is 7.23. The molecule has 5 heteroatoms. The van der Waals surface area contributed by atoms with Crippen LogP contribution in [0, 0.1) is 0 Å². The highest BCUT2D eigenvalue weighted by molar-refractivity contribution is 5.93. The number of likely N-dealkylation sites (tertiary alicyclic amines) is 1. The van der Waals surface area contributed by atoms with Crippen molar-refractivity contribution in [1.82, 2.24) is 14.9 Å². The first-order chi connectivity index (χ1) is 12.8. The molecule has 2 aromatic rings. The number of hydrogen-bond donors (Lipinski definition) is 0. The summed E-state index contributed by atoms with van der Waals surface area (Å²) in [6.07, 6.45) is 10.5. The second-order valence-corrected chi connectivity index (χ2v) is 7.23. The highest BCUT2D eigenvalue weighted by atomic mass is 16.2. The molecular formula is C21H26N4O. The van der Waals surface area contributed by atoms with Gasteiger partial charge in [-0.05, 0) is 62.3 Å². The topological polar surface area (TPSA) is 49.3 Å². The number of piperidine rings is 2. The van der Waals surface area contributed by atoms with Crippen LogP contribution in [0.2, 0.25) is 0 Å². The molecule has 0 spiro atoms. The second kappa shape index (κ2) is 7.85. The van der Waals surface area contributed by atoms with Crippen LogP contribution in [0.25, 0.3) is 0 Å². The van der Waals surface area contributed by atoms with Crippen LogP contribution >= 0.6 is 0 Å². The zero-order valence-corrected chi connectivity index (χ0v) is 15.2. The molecule has 0 radical (unpaired) electrons. The Bertz CT molecular complexity index is 743. The van der Waals surface area contributed by atoms with Crippen molar-refractivity contribution in [2.45, 2.75) is 44.6 Å². The van der Waals surface area contributed by atoms with Crippen LogP contribution in [0.5, 0.6) is 0 Å². The molecule has 136 valence electrons. The van der Waals surface area contributed by atoms with Crippen molar-refractivity contribution in [3.05, 3.63) is 54.0 Å². The first kappa shape index (κ1) is 17.0. The van der Waals surface area contributed by atoms with E-state index in [0.717, 1.165) is 50.3 Å². The molecule has 0 saturated carbocycles. The van der Waals surface area contributed by atoms with Crippen molar-refractivity contribution < 1.29 is 4.79 Å². The first-order valence-electron chi connectivity index (χ1n) is 9.76. The fourth-order valence-electron chi connectivity index (χ4n) is 4.08. The maximum Gasteiger partial charge on any atom is 0.273 e. The van der Waals surface area contributed by atoms with E-state index in [9.17, 15) is 4.79 Å². The lowest BCUT2D eigenvalue weighted by molar-refractivity contribution is 0.0605. The number of carbonyl (C=O) groups is 1. The van der Waals surface area contributed by atoms with E-state index < -0.39 is 0 Å². The molecule has 1 unspecified atom stereocenters. The van der Waals surface area contributed by atoms with Crippen molar-refractivity contribution in [3.63, 3.8) is 0 Å². The standard InChI is InChI=1S/C21H26N4O/c26-21(18-9-6-11-20(23-18)24-13-3-1-4-14-24)25-15-5-2-10-19(25)17-8-7-12-22-16-17/h6-9,11-12,16,19H,1-5,10,13-15H2. The Morgan fingerprint density at radius 1 is 0.962 bits per heavy atom. The Kier molecular flexibility index (Phi) is 5.14. The maximum absolute atomic E-state index is 13.2. The van der Waals surface area contributed by atoms with Gasteiger partial charge >= 0.3 is 0 Å². The van der Waals surface area contributed by atoms with E-state index in [0.29, 0.717) is 5.69 Å². The van der Waals surface area contributed by atoms with Crippen LogP contribution in [-0.2, 0) is 0 Å². The molecule has 26 heavy (non-hydrogen) atoms. The molecule has 2 aliphatic rings. The molecule has 1 amide bonds. The zero-order valence-electron chi connectivity index (χ0n) is 15.2. The molecule has 4 rings (SSSR count). The average Bonchev–Trinajstić information content (AvgIpc) is 2.74. The quantitative estimate of drug-likeness (QED) is 0.844. The number of carbonyl (C=O) groups excluding carboxylic acids is 1. The molecule has 0 aromatic carbocycles. The Labute approximate surface area is 155 Å². The van der Waals surface area contributed by atoms with E-state index in [1.54, 1.807) is 6.20 Å². The summed E-state index contributed by atoms with van der Waals surface area (Å²) in [5.74, 6) is 0.975. The predicted octanol–water partition coefficient (Wildman–Crippen LogP) is 3.83. The van der Waals surface area contributed by atoms with E-state index in [2.05, 4.69) is 16.0 Å². The van der Waals surface area contributed by atoms with Gasteiger partial charge in [0, 0.05) is 32.0 Å². The number of hydrogen-bond acceptors (Lipinski definition) is 4. The number of aromatic nitrogens is 2. The van der Waals surface area contributed by atoms with E-state index in [1.165, 1.54) is 19.3 Å². The first-order valence-corrected chi connectivity index (χ1v) is 9.76. The van der Waals surface area contributed by atoms with Gasteiger partial charge < -0.3 is 9.80 Å². The summed E-state index contributed by atoms with van der Waals surface area (Å²) < 4.78 is 0. The van der Waals surface area contributed by atoms with Gasteiger partial charge in [0.15, 0.2) is 0 Å². The fourth-order valence-corrected chi connectivity index (χ4v) is 4.08. The summed E-state index contributed by atoms with van der Waals surface area (Å²) in [4.78, 5) is 26.5. The molecule has 0 aliphatic carbocycles. The monoisotopic (exact) mass is 350 g/mol. The zero-order chi connectivity index (χ0) is 17.8. The molecule has 1 atom stereocenters. The molecule has 2 aliphatic heterocycles. The molecule has 5 nitrogen and oxygen atoms in total. The van der Waals surface area contributed by atoms with Crippen LogP contribution in [-0.4, -0.2) is 40.4 Å². The Morgan fingerprint density at radius 2 is 1.81 bits per heavy atom. The van der Waals surface area contributed by atoms with Crippen molar-refractivity contribution in [2.75, 3.05) is 24.5 Å². The van der Waals surface area contributed by atoms with E-state index in [4.69, 9.17) is 4.98 Å². The van der Waals surface area contributed by atoms with Crippen LogP contribution in [0.3, 0.4) is 0 Å². The Hall–Kier alpha value is -2.43. The van der Waals surface area contributed by atoms with Crippen LogP contribution < -0.4 is 4.90 Å². The van der Waals surface area contributed by atoms with Crippen molar-refractivity contribution in [3.8, 4) is 0 Å². The average molecular weight is 350 g/mol. The Morgan fingerprint density at radius 3 is 2.62 bits per heavy atom. The summed E-state index contributed by atoms with van der Waals surface area (Å²) in [5, 5.41) is 0. The predicted molar refractivity (Wildman–Crippen MR) is 102 cm³/mol. The van der Waals surface area contributed by atoms with Gasteiger partial charge in [-0.25, -0.2) is 4.98 Å². The van der Waals surface area contributed by atoms with Gasteiger partial charge in [0.05, 0.1) is 6.04 Å². The van der Waals surface area contributed by atoms with Crippen LogP contribution in [0.1, 0.15) is 60.6 Å². The molecule has 2 fully saturated rings. The van der Waals surface area contributed by atoms with Crippen molar-refractivity contribution >= 4 is 11.7 Å². The highest BCUT2D eigenvalue weighted by Crippen LogP contribution is 2.31. The normalized spacial score (nSPS) is 20.8. The van der Waals surface area contributed by atoms with Crippen molar-refractivity contribution in [1.29, 1.82) is 0 Å². The van der Waals surface area contributed by atoms with E-state index in [-0.39, 0.29) is 11.9 Å². The number of nitrogens with zero attached hydrogens (tertiary/aromatic N) is 4. The highest BCUT2D eigenvalue weighted by Gasteiger charge is 2.29. The van der Waals surface area contributed by atoms with Crippen LogP contribution in [0.15, 0.2) is 42.7 Å².